The van der Waals surface area contributed by atoms with Gasteiger partial charge in [0.15, 0.2) is 0 Å². The van der Waals surface area contributed by atoms with Crippen molar-refractivity contribution < 1.29 is 9.53 Å². The van der Waals surface area contributed by atoms with E-state index < -0.39 is 5.91 Å². The zero-order valence-electron chi connectivity index (χ0n) is 9.64. The smallest absolute Gasteiger partial charge is 0.219 e. The van der Waals surface area contributed by atoms with E-state index in [0.717, 1.165) is 11.3 Å². The average Bonchev–Trinajstić information content (AvgIpc) is 2.16. The summed E-state index contributed by atoms with van der Waals surface area (Å²) in [6, 6.07) is 7.05. The van der Waals surface area contributed by atoms with Crippen molar-refractivity contribution in [2.75, 3.05) is 0 Å². The Morgan fingerprint density at radius 1 is 1.44 bits per heavy atom. The summed E-state index contributed by atoms with van der Waals surface area (Å²) in [7, 11) is 0. The van der Waals surface area contributed by atoms with Crippen molar-refractivity contribution in [2.45, 2.75) is 32.4 Å². The number of nitrogens with two attached hydrogens (primary N) is 2. The molecule has 88 valence electrons. The van der Waals surface area contributed by atoms with E-state index in [1.807, 2.05) is 38.1 Å². The molecule has 4 heteroatoms. The first-order valence-electron chi connectivity index (χ1n) is 5.29. The Kier molecular flexibility index (Phi) is 4.31. The van der Waals surface area contributed by atoms with E-state index in [1.54, 1.807) is 0 Å². The predicted octanol–water partition coefficient (Wildman–Crippen LogP) is 1.35. The molecule has 0 spiro atoms. The molecule has 1 atom stereocenters. The highest BCUT2D eigenvalue weighted by molar-refractivity contribution is 5.74. The van der Waals surface area contributed by atoms with Crippen molar-refractivity contribution in [1.82, 2.24) is 0 Å². The number of amides is 1. The van der Waals surface area contributed by atoms with Crippen LogP contribution in [0.2, 0.25) is 0 Å². The van der Waals surface area contributed by atoms with Crippen LogP contribution in [-0.2, 0) is 4.79 Å². The number of hydrogen-bond acceptors (Lipinski definition) is 3. The number of primary amides is 1. The molecule has 1 amide bonds. The molecule has 0 aromatic heterocycles. The lowest BCUT2D eigenvalue weighted by Crippen LogP contribution is -2.20. The molecule has 1 aromatic rings. The molecule has 4 N–H and O–H groups in total. The van der Waals surface area contributed by atoms with Crippen molar-refractivity contribution in [3.8, 4) is 5.75 Å². The van der Waals surface area contributed by atoms with Crippen LogP contribution in [0.3, 0.4) is 0 Å². The van der Waals surface area contributed by atoms with Crippen LogP contribution in [0.5, 0.6) is 5.75 Å². The van der Waals surface area contributed by atoms with E-state index in [-0.39, 0.29) is 18.6 Å². The Balaban J connectivity index is 2.77. The van der Waals surface area contributed by atoms with Gasteiger partial charge in [0.25, 0.3) is 0 Å². The van der Waals surface area contributed by atoms with Gasteiger partial charge in [-0.15, -0.1) is 0 Å². The highest BCUT2D eigenvalue weighted by Gasteiger charge is 2.10. The molecular weight excluding hydrogens is 204 g/mol. The predicted molar refractivity (Wildman–Crippen MR) is 62.9 cm³/mol. The maximum atomic E-state index is 10.8. The van der Waals surface area contributed by atoms with Gasteiger partial charge in [0, 0.05) is 12.5 Å². The van der Waals surface area contributed by atoms with Crippen molar-refractivity contribution in [3.63, 3.8) is 0 Å². The second-order valence-electron chi connectivity index (χ2n) is 4.02. The van der Waals surface area contributed by atoms with Gasteiger partial charge in [0.05, 0.1) is 6.10 Å². The molecule has 0 unspecified atom stereocenters. The molecular formula is C12H18N2O2. The van der Waals surface area contributed by atoms with Crippen LogP contribution in [0.25, 0.3) is 0 Å². The van der Waals surface area contributed by atoms with Crippen molar-refractivity contribution >= 4 is 5.91 Å². The number of rotatable bonds is 5. The zero-order chi connectivity index (χ0) is 12.1. The fraction of sp³-hybridized carbons (Fsp3) is 0.417. The molecule has 16 heavy (non-hydrogen) atoms. The van der Waals surface area contributed by atoms with Crippen LogP contribution in [0.1, 0.15) is 31.9 Å². The molecule has 0 aliphatic heterocycles. The maximum absolute atomic E-state index is 10.8. The summed E-state index contributed by atoms with van der Waals surface area (Å²) in [6.45, 7) is 3.91. The first-order valence-corrected chi connectivity index (χ1v) is 5.29. The first kappa shape index (κ1) is 12.5. The lowest BCUT2D eigenvalue weighted by Gasteiger charge is -2.14. The van der Waals surface area contributed by atoms with Gasteiger partial charge in [0.1, 0.15) is 5.75 Å². The normalized spacial score (nSPS) is 12.5. The molecule has 1 aromatic carbocycles. The molecule has 1 rings (SSSR count). The third-order valence-electron chi connectivity index (χ3n) is 2.08. The molecule has 0 heterocycles. The number of hydrogen-bond donors (Lipinski definition) is 2. The second kappa shape index (κ2) is 5.51. The Hall–Kier alpha value is -1.55. The third kappa shape index (κ3) is 3.90. The van der Waals surface area contributed by atoms with Crippen LogP contribution >= 0.6 is 0 Å². The number of ether oxygens (including phenoxy) is 1. The standard InChI is InChI=1S/C12H18N2O2/c1-8(2)16-10-5-3-4-9(6-10)11(13)7-12(14)15/h3-6,8,11H,7,13H2,1-2H3,(H2,14,15)/t11-/m0/s1. The van der Waals surface area contributed by atoms with E-state index in [9.17, 15) is 4.79 Å². The van der Waals surface area contributed by atoms with Gasteiger partial charge in [0.2, 0.25) is 5.91 Å². The summed E-state index contributed by atoms with van der Waals surface area (Å²) in [4.78, 5) is 10.8. The summed E-state index contributed by atoms with van der Waals surface area (Å²) in [6.07, 6.45) is 0.258. The van der Waals surface area contributed by atoms with Crippen LogP contribution in [-0.4, -0.2) is 12.0 Å². The van der Waals surface area contributed by atoms with Crippen molar-refractivity contribution in [1.29, 1.82) is 0 Å². The minimum atomic E-state index is -0.400. The van der Waals surface area contributed by atoms with Gasteiger partial charge in [-0.1, -0.05) is 12.1 Å². The molecule has 0 bridgehead atoms. The molecule has 0 aliphatic carbocycles. The summed E-state index contributed by atoms with van der Waals surface area (Å²) in [5.74, 6) is 0.357. The van der Waals surface area contributed by atoms with Gasteiger partial charge in [-0.2, -0.15) is 0 Å². The van der Waals surface area contributed by atoms with Gasteiger partial charge >= 0.3 is 0 Å². The van der Waals surface area contributed by atoms with E-state index in [2.05, 4.69) is 0 Å². The van der Waals surface area contributed by atoms with Crippen molar-refractivity contribution in [3.05, 3.63) is 29.8 Å². The number of carbonyl (C=O) groups is 1. The average molecular weight is 222 g/mol. The third-order valence-corrected chi connectivity index (χ3v) is 2.08. The van der Waals surface area contributed by atoms with Gasteiger partial charge in [-0.3, -0.25) is 4.79 Å². The minimum absolute atomic E-state index is 0.114. The molecule has 0 saturated carbocycles. The summed E-state index contributed by atoms with van der Waals surface area (Å²) >= 11 is 0. The SMILES string of the molecule is CC(C)Oc1cccc([C@@H](N)CC(N)=O)c1. The monoisotopic (exact) mass is 222 g/mol. The Morgan fingerprint density at radius 3 is 2.69 bits per heavy atom. The lowest BCUT2D eigenvalue weighted by molar-refractivity contribution is -0.118. The Morgan fingerprint density at radius 2 is 2.12 bits per heavy atom. The molecule has 4 nitrogen and oxygen atoms in total. The van der Waals surface area contributed by atoms with Gasteiger partial charge in [-0.25, -0.2) is 0 Å². The van der Waals surface area contributed by atoms with Gasteiger partial charge < -0.3 is 16.2 Å². The van der Waals surface area contributed by atoms with E-state index >= 15 is 0 Å². The summed E-state index contributed by atoms with van der Waals surface area (Å²) in [5.41, 5.74) is 11.8. The van der Waals surface area contributed by atoms with Crippen LogP contribution in [0, 0.1) is 0 Å². The highest BCUT2D eigenvalue weighted by atomic mass is 16.5. The summed E-state index contributed by atoms with van der Waals surface area (Å²) in [5, 5.41) is 0. The topological polar surface area (TPSA) is 78.3 Å². The largest absolute Gasteiger partial charge is 0.491 e. The Bertz CT molecular complexity index is 364. The molecule has 0 radical (unpaired) electrons. The van der Waals surface area contributed by atoms with E-state index in [4.69, 9.17) is 16.2 Å². The maximum Gasteiger partial charge on any atom is 0.219 e. The zero-order valence-corrected chi connectivity index (χ0v) is 9.64. The molecule has 0 aliphatic rings. The van der Waals surface area contributed by atoms with Crippen LogP contribution < -0.4 is 16.2 Å². The van der Waals surface area contributed by atoms with E-state index in [0.29, 0.717) is 0 Å². The number of carbonyl (C=O) groups excluding carboxylic acids is 1. The second-order valence-corrected chi connectivity index (χ2v) is 4.02. The van der Waals surface area contributed by atoms with Crippen LogP contribution in [0.4, 0.5) is 0 Å². The van der Waals surface area contributed by atoms with E-state index in [1.165, 1.54) is 0 Å². The van der Waals surface area contributed by atoms with Gasteiger partial charge in [-0.05, 0) is 31.5 Å². The quantitative estimate of drug-likeness (QED) is 0.789. The molecule has 0 saturated heterocycles. The highest BCUT2D eigenvalue weighted by Crippen LogP contribution is 2.20. The summed E-state index contributed by atoms with van der Waals surface area (Å²) < 4.78 is 5.54. The Labute approximate surface area is 95.6 Å². The fourth-order valence-electron chi connectivity index (χ4n) is 1.43. The first-order chi connectivity index (χ1) is 7.49. The molecule has 0 fully saturated rings. The fourth-order valence-corrected chi connectivity index (χ4v) is 1.43. The van der Waals surface area contributed by atoms with Crippen molar-refractivity contribution in [2.24, 2.45) is 11.5 Å². The lowest BCUT2D eigenvalue weighted by atomic mass is 10.0. The number of benzene rings is 1. The van der Waals surface area contributed by atoms with Crippen LogP contribution in [0.15, 0.2) is 24.3 Å². The minimum Gasteiger partial charge on any atom is -0.491 e.